The van der Waals surface area contributed by atoms with Crippen LogP contribution in [-0.4, -0.2) is 19.6 Å². The van der Waals surface area contributed by atoms with Gasteiger partial charge in [-0.1, -0.05) is 0 Å². The first-order valence-corrected chi connectivity index (χ1v) is 3.50. The van der Waals surface area contributed by atoms with E-state index in [2.05, 4.69) is 4.74 Å². The van der Waals surface area contributed by atoms with Gasteiger partial charge in [-0.3, -0.25) is 0 Å². The maximum absolute atomic E-state index is 11.4. The lowest BCUT2D eigenvalue weighted by atomic mass is 10.3. The van der Waals surface area contributed by atoms with Crippen LogP contribution in [-0.2, 0) is 4.74 Å². The summed E-state index contributed by atoms with van der Waals surface area (Å²) < 4.78 is 27.4. The zero-order valence-electron chi connectivity index (χ0n) is 6.22. The summed E-state index contributed by atoms with van der Waals surface area (Å²) in [7, 11) is 0. The molecule has 64 valence electrons. The highest BCUT2D eigenvalue weighted by atomic mass is 19.3. The number of hydrogen-bond acceptors (Lipinski definition) is 2. The molecule has 0 spiro atoms. The highest BCUT2D eigenvalue weighted by Gasteiger charge is 2.00. The van der Waals surface area contributed by atoms with E-state index in [1.54, 1.807) is 0 Å². The van der Waals surface area contributed by atoms with Crippen LogP contribution in [0.1, 0.15) is 19.3 Å². The van der Waals surface area contributed by atoms with Crippen molar-refractivity contribution < 1.29 is 13.5 Å². The second kappa shape index (κ2) is 7.42. The first kappa shape index (κ1) is 10.3. The third-order valence-electron chi connectivity index (χ3n) is 1.07. The van der Waals surface area contributed by atoms with Crippen molar-refractivity contribution in [3.05, 3.63) is 0 Å². The van der Waals surface area contributed by atoms with Gasteiger partial charge in [-0.25, -0.2) is 8.78 Å². The van der Waals surface area contributed by atoms with E-state index in [9.17, 15) is 8.78 Å². The number of nitriles is 1. The molecule has 0 atom stereocenters. The van der Waals surface area contributed by atoms with E-state index in [0.29, 0.717) is 19.4 Å². The lowest BCUT2D eigenvalue weighted by Crippen LogP contribution is -2.05. The number of alkyl halides is 2. The number of unbranched alkanes of at least 4 members (excludes halogenated alkanes) is 2. The Morgan fingerprint density at radius 1 is 1.36 bits per heavy atom. The van der Waals surface area contributed by atoms with Crippen molar-refractivity contribution in [2.24, 2.45) is 0 Å². The van der Waals surface area contributed by atoms with Gasteiger partial charge in [0.15, 0.2) is 0 Å². The number of halogens is 2. The molecule has 0 aliphatic carbocycles. The van der Waals surface area contributed by atoms with Crippen LogP contribution in [0.15, 0.2) is 0 Å². The molecule has 0 N–H and O–H groups in total. The lowest BCUT2D eigenvalue weighted by molar-refractivity contribution is 0.0164. The third-order valence-corrected chi connectivity index (χ3v) is 1.07. The largest absolute Gasteiger partial charge is 0.376 e. The summed E-state index contributed by atoms with van der Waals surface area (Å²) in [6.07, 6.45) is -0.510. The Morgan fingerprint density at radius 2 is 2.09 bits per heavy atom. The van der Waals surface area contributed by atoms with Crippen molar-refractivity contribution in [3.8, 4) is 6.07 Å². The van der Waals surface area contributed by atoms with Crippen LogP contribution >= 0.6 is 0 Å². The van der Waals surface area contributed by atoms with Crippen LogP contribution in [0, 0.1) is 11.3 Å². The van der Waals surface area contributed by atoms with Crippen LogP contribution in [0.5, 0.6) is 0 Å². The summed E-state index contributed by atoms with van der Waals surface area (Å²) in [6.45, 7) is -0.168. The minimum absolute atomic E-state index is 0.325. The van der Waals surface area contributed by atoms with Gasteiger partial charge in [-0.2, -0.15) is 5.26 Å². The van der Waals surface area contributed by atoms with E-state index in [-0.39, 0.29) is 0 Å². The Hall–Kier alpha value is -0.690. The van der Waals surface area contributed by atoms with E-state index < -0.39 is 13.0 Å². The molecule has 11 heavy (non-hydrogen) atoms. The molecule has 0 radical (unpaired) electrons. The highest BCUT2D eigenvalue weighted by molar-refractivity contribution is 4.67. The van der Waals surface area contributed by atoms with Crippen LogP contribution in [0.25, 0.3) is 0 Å². The molecule has 0 rings (SSSR count). The number of rotatable bonds is 6. The van der Waals surface area contributed by atoms with E-state index in [0.717, 1.165) is 6.42 Å². The summed E-state index contributed by atoms with van der Waals surface area (Å²) in [4.78, 5) is 0. The standard InChI is InChI=1S/C7H11F2NO/c8-7(9)6-11-5-3-1-2-4-10/h7H,1-3,5-6H2. The SMILES string of the molecule is N#CCCCCOCC(F)F. The van der Waals surface area contributed by atoms with Gasteiger partial charge in [0.25, 0.3) is 6.43 Å². The highest BCUT2D eigenvalue weighted by Crippen LogP contribution is 1.97. The van der Waals surface area contributed by atoms with E-state index in [1.807, 2.05) is 6.07 Å². The van der Waals surface area contributed by atoms with Crippen molar-refractivity contribution in [3.63, 3.8) is 0 Å². The minimum Gasteiger partial charge on any atom is -0.376 e. The molecule has 0 aromatic carbocycles. The van der Waals surface area contributed by atoms with Gasteiger partial charge in [0.05, 0.1) is 6.07 Å². The van der Waals surface area contributed by atoms with Crippen molar-refractivity contribution in [2.45, 2.75) is 25.7 Å². The average Bonchev–Trinajstić information content (AvgIpc) is 1.96. The zero-order chi connectivity index (χ0) is 8.53. The van der Waals surface area contributed by atoms with E-state index in [4.69, 9.17) is 5.26 Å². The van der Waals surface area contributed by atoms with Crippen LogP contribution in [0.4, 0.5) is 8.78 Å². The first-order valence-electron chi connectivity index (χ1n) is 3.50. The van der Waals surface area contributed by atoms with Gasteiger partial charge in [-0.05, 0) is 12.8 Å². The van der Waals surface area contributed by atoms with Gasteiger partial charge in [-0.15, -0.1) is 0 Å². The summed E-state index contributed by atoms with van der Waals surface area (Å²) in [5, 5.41) is 8.10. The Bertz CT molecular complexity index is 122. The fourth-order valence-corrected chi connectivity index (χ4v) is 0.581. The Kier molecular flexibility index (Phi) is 6.95. The number of ether oxygens (including phenoxy) is 1. The second-order valence-corrected chi connectivity index (χ2v) is 2.08. The molecular formula is C7H11F2NO. The Labute approximate surface area is 64.8 Å². The summed E-state index contributed by atoms with van der Waals surface area (Å²) in [6, 6.07) is 1.96. The Balaban J connectivity index is 2.86. The molecule has 0 aromatic rings. The van der Waals surface area contributed by atoms with Gasteiger partial charge < -0.3 is 4.74 Å². The molecule has 0 amide bonds. The van der Waals surface area contributed by atoms with Gasteiger partial charge in [0, 0.05) is 13.0 Å². The monoisotopic (exact) mass is 163 g/mol. The number of hydrogen-bond donors (Lipinski definition) is 0. The van der Waals surface area contributed by atoms with Crippen molar-refractivity contribution in [1.82, 2.24) is 0 Å². The minimum atomic E-state index is -2.38. The van der Waals surface area contributed by atoms with E-state index in [1.165, 1.54) is 0 Å². The lowest BCUT2D eigenvalue weighted by Gasteiger charge is -2.00. The van der Waals surface area contributed by atoms with Crippen molar-refractivity contribution >= 4 is 0 Å². The summed E-state index contributed by atoms with van der Waals surface area (Å²) in [5.41, 5.74) is 0. The van der Waals surface area contributed by atoms with Gasteiger partial charge in [0.1, 0.15) is 6.61 Å². The second-order valence-electron chi connectivity index (χ2n) is 2.08. The smallest absolute Gasteiger partial charge is 0.261 e. The number of nitrogens with zero attached hydrogens (tertiary/aromatic N) is 1. The third kappa shape index (κ3) is 9.31. The van der Waals surface area contributed by atoms with Crippen LogP contribution < -0.4 is 0 Å². The predicted molar refractivity (Wildman–Crippen MR) is 36.3 cm³/mol. The molecule has 0 aliphatic heterocycles. The molecule has 0 bridgehead atoms. The maximum atomic E-state index is 11.4. The van der Waals surface area contributed by atoms with Gasteiger partial charge >= 0.3 is 0 Å². The molecule has 0 unspecified atom stereocenters. The molecule has 0 heterocycles. The predicted octanol–water partition coefficient (Wildman–Crippen LogP) is 1.96. The normalized spacial score (nSPS) is 10.0. The zero-order valence-corrected chi connectivity index (χ0v) is 6.22. The fraction of sp³-hybridized carbons (Fsp3) is 0.857. The quantitative estimate of drug-likeness (QED) is 0.561. The van der Waals surface area contributed by atoms with Crippen LogP contribution in [0.3, 0.4) is 0 Å². The molecule has 0 fully saturated rings. The average molecular weight is 163 g/mol. The maximum Gasteiger partial charge on any atom is 0.261 e. The Morgan fingerprint density at radius 3 is 2.64 bits per heavy atom. The van der Waals surface area contributed by atoms with Crippen LogP contribution in [0.2, 0.25) is 0 Å². The van der Waals surface area contributed by atoms with Crippen molar-refractivity contribution in [1.29, 1.82) is 5.26 Å². The molecular weight excluding hydrogens is 152 g/mol. The topological polar surface area (TPSA) is 33.0 Å². The summed E-state index contributed by atoms with van der Waals surface area (Å²) >= 11 is 0. The van der Waals surface area contributed by atoms with Gasteiger partial charge in [0.2, 0.25) is 0 Å². The van der Waals surface area contributed by atoms with E-state index >= 15 is 0 Å². The molecule has 2 nitrogen and oxygen atoms in total. The first-order chi connectivity index (χ1) is 5.27. The molecule has 0 saturated heterocycles. The summed E-state index contributed by atoms with van der Waals surface area (Å²) in [5.74, 6) is 0. The molecule has 0 saturated carbocycles. The van der Waals surface area contributed by atoms with Crippen molar-refractivity contribution in [2.75, 3.05) is 13.2 Å². The molecule has 4 heteroatoms. The fourth-order valence-electron chi connectivity index (χ4n) is 0.581. The molecule has 0 aliphatic rings. The molecule has 0 aromatic heterocycles.